The summed E-state index contributed by atoms with van der Waals surface area (Å²) in [4.78, 5) is 0. The molecule has 4 aliphatic rings. The molecule has 0 radical (unpaired) electrons. The summed E-state index contributed by atoms with van der Waals surface area (Å²) in [7, 11) is 0. The summed E-state index contributed by atoms with van der Waals surface area (Å²) < 4.78 is 6.61. The molecule has 2 aliphatic carbocycles. The highest BCUT2D eigenvalue weighted by molar-refractivity contribution is 5.37. The molecule has 2 spiro atoms. The highest BCUT2D eigenvalue weighted by atomic mass is 16.5. The van der Waals surface area contributed by atoms with Crippen LogP contribution in [0.5, 0.6) is 0 Å². The number of ether oxygens (including phenoxy) is 1. The van der Waals surface area contributed by atoms with E-state index in [9.17, 15) is 0 Å². The molecule has 1 nitrogen and oxygen atoms in total. The van der Waals surface area contributed by atoms with Gasteiger partial charge in [0.25, 0.3) is 0 Å². The number of hydrogen-bond donors (Lipinski definition) is 0. The molecular formula is C17H24O. The molecule has 1 heteroatoms. The van der Waals surface area contributed by atoms with Gasteiger partial charge >= 0.3 is 0 Å². The van der Waals surface area contributed by atoms with E-state index in [0.29, 0.717) is 23.4 Å². The molecule has 4 rings (SSSR count). The number of fused-ring (bicyclic) bond motifs is 2. The van der Waals surface area contributed by atoms with E-state index in [4.69, 9.17) is 4.74 Å². The summed E-state index contributed by atoms with van der Waals surface area (Å²) in [6.07, 6.45) is 14.5. The van der Waals surface area contributed by atoms with Crippen LogP contribution < -0.4 is 0 Å². The monoisotopic (exact) mass is 244 g/mol. The molecule has 2 heterocycles. The summed E-state index contributed by atoms with van der Waals surface area (Å²) in [6.45, 7) is 6.94. The summed E-state index contributed by atoms with van der Waals surface area (Å²) >= 11 is 0. The Morgan fingerprint density at radius 2 is 2.00 bits per heavy atom. The van der Waals surface area contributed by atoms with Gasteiger partial charge in [0.1, 0.15) is 0 Å². The van der Waals surface area contributed by atoms with Crippen molar-refractivity contribution in [2.24, 2.45) is 17.3 Å². The molecule has 0 unspecified atom stereocenters. The molecule has 3 fully saturated rings. The first-order valence-electron chi connectivity index (χ1n) is 7.75. The maximum atomic E-state index is 6.61. The van der Waals surface area contributed by atoms with Gasteiger partial charge in [-0.3, -0.25) is 0 Å². The Bertz CT molecular complexity index is 415. The fourth-order valence-electron chi connectivity index (χ4n) is 5.29. The first-order chi connectivity index (χ1) is 8.69. The largest absolute Gasteiger partial charge is 0.362 e. The first kappa shape index (κ1) is 11.3. The van der Waals surface area contributed by atoms with Gasteiger partial charge in [-0.15, -0.1) is 0 Å². The Hall–Kier alpha value is -0.560. The highest BCUT2D eigenvalue weighted by Gasteiger charge is 2.62. The number of hydrogen-bond acceptors (Lipinski definition) is 1. The van der Waals surface area contributed by atoms with Gasteiger partial charge in [-0.25, -0.2) is 0 Å². The van der Waals surface area contributed by atoms with Crippen LogP contribution in [-0.4, -0.2) is 11.7 Å². The molecule has 1 saturated heterocycles. The Kier molecular flexibility index (Phi) is 2.20. The highest BCUT2D eigenvalue weighted by Crippen LogP contribution is 2.63. The lowest BCUT2D eigenvalue weighted by atomic mass is 9.60. The van der Waals surface area contributed by atoms with E-state index in [1.165, 1.54) is 44.9 Å². The first-order valence-corrected chi connectivity index (χ1v) is 7.75. The van der Waals surface area contributed by atoms with E-state index in [0.717, 1.165) is 0 Å². The zero-order valence-corrected chi connectivity index (χ0v) is 11.5. The Balaban J connectivity index is 1.78. The minimum atomic E-state index is 0.0322. The van der Waals surface area contributed by atoms with Crippen molar-refractivity contribution < 1.29 is 4.74 Å². The number of rotatable bonds is 0. The SMILES string of the molecule is C=C1[C@@H]2CC[C@@H](C)[C@@]23C=C[C@H](O3)C12CCCCC2. The summed E-state index contributed by atoms with van der Waals surface area (Å²) in [5.41, 5.74) is 1.88. The Labute approximate surface area is 110 Å². The van der Waals surface area contributed by atoms with Gasteiger partial charge in [0.05, 0.1) is 11.7 Å². The van der Waals surface area contributed by atoms with Gasteiger partial charge < -0.3 is 4.74 Å². The van der Waals surface area contributed by atoms with Gasteiger partial charge in [-0.1, -0.05) is 50.5 Å². The second kappa shape index (κ2) is 3.50. The zero-order chi connectivity index (χ0) is 12.4. The van der Waals surface area contributed by atoms with Crippen LogP contribution in [0.15, 0.2) is 24.3 Å². The third-order valence-corrected chi connectivity index (χ3v) is 6.42. The molecule has 4 atom stereocenters. The maximum absolute atomic E-state index is 6.61. The zero-order valence-electron chi connectivity index (χ0n) is 11.5. The van der Waals surface area contributed by atoms with Gasteiger partial charge in [-0.05, 0) is 31.6 Å². The minimum Gasteiger partial charge on any atom is -0.362 e. The van der Waals surface area contributed by atoms with Crippen molar-refractivity contribution in [1.82, 2.24) is 0 Å². The van der Waals surface area contributed by atoms with Crippen molar-refractivity contribution in [3.8, 4) is 0 Å². The van der Waals surface area contributed by atoms with Crippen LogP contribution in [0, 0.1) is 17.3 Å². The molecular weight excluding hydrogens is 220 g/mol. The maximum Gasteiger partial charge on any atom is 0.0962 e. The average molecular weight is 244 g/mol. The van der Waals surface area contributed by atoms with Crippen molar-refractivity contribution >= 4 is 0 Å². The van der Waals surface area contributed by atoms with E-state index in [1.54, 1.807) is 5.57 Å². The van der Waals surface area contributed by atoms with Crippen LogP contribution in [-0.2, 0) is 4.74 Å². The predicted octanol–water partition coefficient (Wildman–Crippen LogP) is 4.25. The molecule has 2 bridgehead atoms. The molecule has 2 saturated carbocycles. The fraction of sp³-hybridized carbons (Fsp3) is 0.765. The lowest BCUT2D eigenvalue weighted by molar-refractivity contribution is -0.142. The van der Waals surface area contributed by atoms with E-state index in [-0.39, 0.29) is 5.60 Å². The predicted molar refractivity (Wildman–Crippen MR) is 73.3 cm³/mol. The van der Waals surface area contributed by atoms with Gasteiger partial charge in [0, 0.05) is 11.3 Å². The van der Waals surface area contributed by atoms with Crippen LogP contribution in [0.3, 0.4) is 0 Å². The van der Waals surface area contributed by atoms with Crippen LogP contribution in [0.4, 0.5) is 0 Å². The topological polar surface area (TPSA) is 9.23 Å². The van der Waals surface area contributed by atoms with E-state index in [2.05, 4.69) is 25.7 Å². The molecule has 0 N–H and O–H groups in total. The Morgan fingerprint density at radius 3 is 2.78 bits per heavy atom. The van der Waals surface area contributed by atoms with Crippen LogP contribution in [0.2, 0.25) is 0 Å². The van der Waals surface area contributed by atoms with Crippen LogP contribution >= 0.6 is 0 Å². The molecule has 0 amide bonds. The second-order valence-electron chi connectivity index (χ2n) is 7.02. The van der Waals surface area contributed by atoms with Gasteiger partial charge in [-0.2, -0.15) is 0 Å². The van der Waals surface area contributed by atoms with Crippen molar-refractivity contribution in [3.63, 3.8) is 0 Å². The molecule has 0 aromatic heterocycles. The summed E-state index contributed by atoms with van der Waals surface area (Å²) in [5, 5.41) is 0. The summed E-state index contributed by atoms with van der Waals surface area (Å²) in [6, 6.07) is 0. The lowest BCUT2D eigenvalue weighted by Gasteiger charge is -2.53. The lowest BCUT2D eigenvalue weighted by Crippen LogP contribution is -2.53. The quantitative estimate of drug-likeness (QED) is 0.579. The third kappa shape index (κ3) is 1.13. The second-order valence-corrected chi connectivity index (χ2v) is 7.02. The molecule has 0 aromatic carbocycles. The van der Waals surface area contributed by atoms with Gasteiger partial charge in [0.15, 0.2) is 0 Å². The van der Waals surface area contributed by atoms with Crippen LogP contribution in [0.1, 0.15) is 51.9 Å². The van der Waals surface area contributed by atoms with E-state index < -0.39 is 0 Å². The molecule has 0 aromatic rings. The molecule has 2 aliphatic heterocycles. The van der Waals surface area contributed by atoms with Crippen LogP contribution in [0.25, 0.3) is 0 Å². The third-order valence-electron chi connectivity index (χ3n) is 6.42. The molecule has 98 valence electrons. The normalized spacial score (nSPS) is 48.7. The Morgan fingerprint density at radius 1 is 1.22 bits per heavy atom. The van der Waals surface area contributed by atoms with E-state index in [1.807, 2.05) is 0 Å². The van der Waals surface area contributed by atoms with Crippen molar-refractivity contribution in [3.05, 3.63) is 24.3 Å². The smallest absolute Gasteiger partial charge is 0.0962 e. The minimum absolute atomic E-state index is 0.0322. The van der Waals surface area contributed by atoms with Crippen molar-refractivity contribution in [2.75, 3.05) is 0 Å². The van der Waals surface area contributed by atoms with Crippen molar-refractivity contribution in [1.29, 1.82) is 0 Å². The van der Waals surface area contributed by atoms with E-state index >= 15 is 0 Å². The fourth-order valence-corrected chi connectivity index (χ4v) is 5.29. The molecule has 18 heavy (non-hydrogen) atoms. The average Bonchev–Trinajstić information content (AvgIpc) is 2.95. The van der Waals surface area contributed by atoms with Gasteiger partial charge in [0.2, 0.25) is 0 Å². The van der Waals surface area contributed by atoms with Crippen molar-refractivity contribution in [2.45, 2.75) is 63.6 Å². The summed E-state index contributed by atoms with van der Waals surface area (Å²) in [5.74, 6) is 1.27. The standard InChI is InChI=1S/C17H24O/c1-12-6-7-14-13(2)16(9-4-3-5-10-16)15-8-11-17(12,14)18-15/h8,11-12,14-15H,2-7,9-10H2,1H3/t12-,14+,15+,17+/m1/s1.